The van der Waals surface area contributed by atoms with Crippen LogP contribution < -0.4 is 0 Å². The van der Waals surface area contributed by atoms with Gasteiger partial charge in [-0.25, -0.2) is 4.79 Å². The minimum Gasteiger partial charge on any atom is -0.479 e. The number of carboxylic acid groups (broad SMARTS) is 1. The summed E-state index contributed by atoms with van der Waals surface area (Å²) in [6.07, 6.45) is 4.48. The molecule has 2 fully saturated rings. The molecule has 1 saturated heterocycles. The summed E-state index contributed by atoms with van der Waals surface area (Å²) in [5, 5.41) is 8.97. The van der Waals surface area contributed by atoms with Crippen LogP contribution in [0.4, 0.5) is 0 Å². The summed E-state index contributed by atoms with van der Waals surface area (Å²) in [7, 11) is 0. The third kappa shape index (κ3) is 2.55. The minimum atomic E-state index is -0.826. The van der Waals surface area contributed by atoms with Crippen molar-refractivity contribution in [2.45, 2.75) is 44.8 Å². The molecule has 2 rings (SSSR count). The molecule has 1 aliphatic carbocycles. The van der Waals surface area contributed by atoms with E-state index in [0.717, 1.165) is 6.54 Å². The molecule has 1 heterocycles. The fourth-order valence-electron chi connectivity index (χ4n) is 2.96. The first-order chi connectivity index (χ1) is 7.68. The van der Waals surface area contributed by atoms with Gasteiger partial charge in [-0.15, -0.1) is 0 Å². The molecule has 1 aliphatic heterocycles. The van der Waals surface area contributed by atoms with Gasteiger partial charge >= 0.3 is 5.97 Å². The highest BCUT2D eigenvalue weighted by Gasteiger charge is 2.33. The lowest BCUT2D eigenvalue weighted by Crippen LogP contribution is -2.52. The van der Waals surface area contributed by atoms with Crippen molar-refractivity contribution in [2.75, 3.05) is 19.7 Å². The van der Waals surface area contributed by atoms with E-state index in [1.165, 1.54) is 25.7 Å². The average molecular weight is 227 g/mol. The molecule has 0 aromatic heterocycles. The van der Waals surface area contributed by atoms with Crippen LogP contribution in [0, 0.1) is 5.92 Å². The molecule has 0 bridgehead atoms. The molecule has 0 spiro atoms. The fraction of sp³-hybridized carbons (Fsp3) is 0.917. The Kier molecular flexibility index (Phi) is 3.82. The average Bonchev–Trinajstić information content (AvgIpc) is 2.30. The largest absolute Gasteiger partial charge is 0.479 e. The third-order valence-electron chi connectivity index (χ3n) is 3.91. The quantitative estimate of drug-likeness (QED) is 0.773. The maximum absolute atomic E-state index is 10.9. The number of hydrogen-bond acceptors (Lipinski definition) is 3. The van der Waals surface area contributed by atoms with Crippen molar-refractivity contribution in [1.82, 2.24) is 4.90 Å². The van der Waals surface area contributed by atoms with Gasteiger partial charge in [-0.1, -0.05) is 19.8 Å². The van der Waals surface area contributed by atoms with E-state index < -0.39 is 12.1 Å². The molecule has 92 valence electrons. The van der Waals surface area contributed by atoms with Crippen molar-refractivity contribution < 1.29 is 14.6 Å². The summed E-state index contributed by atoms with van der Waals surface area (Å²) >= 11 is 0. The molecule has 0 aromatic carbocycles. The Balaban J connectivity index is 1.95. The van der Waals surface area contributed by atoms with Crippen LogP contribution in [-0.4, -0.2) is 47.8 Å². The van der Waals surface area contributed by atoms with Crippen LogP contribution >= 0.6 is 0 Å². The summed E-state index contributed by atoms with van der Waals surface area (Å²) in [6, 6.07) is 0.569. The van der Waals surface area contributed by atoms with E-state index in [9.17, 15) is 4.79 Å². The lowest BCUT2D eigenvalue weighted by Gasteiger charge is -2.41. The van der Waals surface area contributed by atoms with Crippen molar-refractivity contribution in [3.63, 3.8) is 0 Å². The van der Waals surface area contributed by atoms with Gasteiger partial charge < -0.3 is 9.84 Å². The maximum Gasteiger partial charge on any atom is 0.334 e. The number of carboxylic acids is 1. The predicted octanol–water partition coefficient (Wildman–Crippen LogP) is 1.35. The molecule has 2 aliphatic rings. The Morgan fingerprint density at radius 1 is 1.38 bits per heavy atom. The van der Waals surface area contributed by atoms with E-state index in [1.54, 1.807) is 0 Å². The van der Waals surface area contributed by atoms with Gasteiger partial charge in [-0.2, -0.15) is 0 Å². The Labute approximate surface area is 96.6 Å². The SMILES string of the molecule is CC1CCCCC1N1CCOC(C(=O)O)C1. The maximum atomic E-state index is 10.9. The monoisotopic (exact) mass is 227 g/mol. The van der Waals surface area contributed by atoms with Crippen molar-refractivity contribution in [2.24, 2.45) is 5.92 Å². The number of aliphatic carboxylic acids is 1. The molecule has 3 atom stereocenters. The van der Waals surface area contributed by atoms with Crippen LogP contribution in [0.15, 0.2) is 0 Å². The van der Waals surface area contributed by atoms with E-state index in [1.807, 2.05) is 0 Å². The predicted molar refractivity (Wildman–Crippen MR) is 60.4 cm³/mol. The van der Waals surface area contributed by atoms with Gasteiger partial charge in [0, 0.05) is 19.1 Å². The van der Waals surface area contributed by atoms with Gasteiger partial charge in [0.25, 0.3) is 0 Å². The second-order valence-corrected chi connectivity index (χ2v) is 5.02. The lowest BCUT2D eigenvalue weighted by atomic mass is 9.84. The molecule has 1 N–H and O–H groups in total. The van der Waals surface area contributed by atoms with Gasteiger partial charge in [-0.3, -0.25) is 4.90 Å². The van der Waals surface area contributed by atoms with Gasteiger partial charge in [0.1, 0.15) is 0 Å². The first-order valence-corrected chi connectivity index (χ1v) is 6.27. The molecule has 0 aromatic rings. The van der Waals surface area contributed by atoms with E-state index in [2.05, 4.69) is 11.8 Å². The van der Waals surface area contributed by atoms with E-state index in [-0.39, 0.29) is 0 Å². The highest BCUT2D eigenvalue weighted by molar-refractivity contribution is 5.72. The second-order valence-electron chi connectivity index (χ2n) is 5.02. The Morgan fingerprint density at radius 3 is 2.81 bits per heavy atom. The minimum absolute atomic E-state index is 0.556. The van der Waals surface area contributed by atoms with Crippen LogP contribution in [0.5, 0.6) is 0 Å². The Bertz CT molecular complexity index is 257. The summed E-state index contributed by atoms with van der Waals surface area (Å²) in [5.41, 5.74) is 0. The second kappa shape index (κ2) is 5.15. The normalized spacial score (nSPS) is 37.2. The molecular weight excluding hydrogens is 206 g/mol. The zero-order chi connectivity index (χ0) is 11.5. The molecule has 0 amide bonds. The molecule has 1 saturated carbocycles. The van der Waals surface area contributed by atoms with Crippen LogP contribution in [0.3, 0.4) is 0 Å². The fourth-order valence-corrected chi connectivity index (χ4v) is 2.96. The van der Waals surface area contributed by atoms with Gasteiger partial charge in [0.15, 0.2) is 6.10 Å². The number of morpholine rings is 1. The number of hydrogen-bond donors (Lipinski definition) is 1. The van der Waals surface area contributed by atoms with Crippen LogP contribution in [0.25, 0.3) is 0 Å². The van der Waals surface area contributed by atoms with Crippen LogP contribution in [-0.2, 0) is 9.53 Å². The number of ether oxygens (including phenoxy) is 1. The van der Waals surface area contributed by atoms with E-state index in [0.29, 0.717) is 25.1 Å². The smallest absolute Gasteiger partial charge is 0.334 e. The molecule has 0 radical (unpaired) electrons. The topological polar surface area (TPSA) is 49.8 Å². The van der Waals surface area contributed by atoms with Crippen molar-refractivity contribution in [1.29, 1.82) is 0 Å². The molecule has 16 heavy (non-hydrogen) atoms. The number of rotatable bonds is 2. The molecule has 4 nitrogen and oxygen atoms in total. The summed E-state index contributed by atoms with van der Waals surface area (Å²) in [4.78, 5) is 13.2. The van der Waals surface area contributed by atoms with E-state index >= 15 is 0 Å². The standard InChI is InChI=1S/C12H21NO3/c1-9-4-2-3-5-10(9)13-6-7-16-11(8-13)12(14)15/h9-11H,2-8H2,1H3,(H,14,15). The molecule has 3 unspecified atom stereocenters. The van der Waals surface area contributed by atoms with E-state index in [4.69, 9.17) is 9.84 Å². The first kappa shape index (κ1) is 11.9. The highest BCUT2D eigenvalue weighted by Crippen LogP contribution is 2.29. The Morgan fingerprint density at radius 2 is 2.12 bits per heavy atom. The summed E-state index contributed by atoms with van der Waals surface area (Å²) < 4.78 is 5.25. The van der Waals surface area contributed by atoms with Crippen molar-refractivity contribution in [3.05, 3.63) is 0 Å². The third-order valence-corrected chi connectivity index (χ3v) is 3.91. The Hall–Kier alpha value is -0.610. The van der Waals surface area contributed by atoms with Gasteiger partial charge in [-0.05, 0) is 18.8 Å². The zero-order valence-electron chi connectivity index (χ0n) is 9.89. The van der Waals surface area contributed by atoms with Gasteiger partial charge in [0.2, 0.25) is 0 Å². The highest BCUT2D eigenvalue weighted by atomic mass is 16.5. The van der Waals surface area contributed by atoms with Crippen molar-refractivity contribution in [3.8, 4) is 0 Å². The molecular formula is C12H21NO3. The lowest BCUT2D eigenvalue weighted by molar-refractivity contribution is -0.158. The first-order valence-electron chi connectivity index (χ1n) is 6.27. The zero-order valence-corrected chi connectivity index (χ0v) is 9.89. The summed E-state index contributed by atoms with van der Waals surface area (Å²) in [6.45, 7) is 4.29. The van der Waals surface area contributed by atoms with Gasteiger partial charge in [0.05, 0.1) is 6.61 Å². The number of nitrogens with zero attached hydrogens (tertiary/aromatic N) is 1. The summed E-state index contributed by atoms with van der Waals surface area (Å²) in [5.74, 6) is -0.130. The van der Waals surface area contributed by atoms with Crippen LogP contribution in [0.2, 0.25) is 0 Å². The van der Waals surface area contributed by atoms with Crippen molar-refractivity contribution >= 4 is 5.97 Å². The number of carbonyl (C=O) groups is 1. The van der Waals surface area contributed by atoms with Crippen LogP contribution in [0.1, 0.15) is 32.6 Å². The molecule has 4 heteroatoms.